The minimum absolute atomic E-state index is 0.130. The Morgan fingerprint density at radius 3 is 2.59 bits per heavy atom. The highest BCUT2D eigenvalue weighted by Crippen LogP contribution is 2.30. The average Bonchev–Trinajstić information content (AvgIpc) is 2.70. The van der Waals surface area contributed by atoms with Gasteiger partial charge in [-0.3, -0.25) is 4.68 Å². The Labute approximate surface area is 103 Å². The van der Waals surface area contributed by atoms with E-state index in [0.717, 1.165) is 38.2 Å². The second-order valence-electron chi connectivity index (χ2n) is 5.10. The zero-order chi connectivity index (χ0) is 12.4. The normalized spacial score (nSPS) is 19.1. The maximum absolute atomic E-state index is 13.7. The lowest BCUT2D eigenvalue weighted by Crippen LogP contribution is -2.38. The smallest absolute Gasteiger partial charge is 0.164 e. The predicted molar refractivity (Wildman–Crippen MR) is 66.5 cm³/mol. The first-order chi connectivity index (χ1) is 8.13. The Hall–Kier alpha value is -0.900. The Bertz CT molecular complexity index is 365. The van der Waals surface area contributed by atoms with E-state index >= 15 is 0 Å². The first-order valence-corrected chi connectivity index (χ1v) is 6.58. The van der Waals surface area contributed by atoms with Gasteiger partial charge in [0.2, 0.25) is 0 Å². The van der Waals surface area contributed by atoms with Crippen LogP contribution in [0.1, 0.15) is 45.2 Å². The van der Waals surface area contributed by atoms with Crippen LogP contribution in [0.25, 0.3) is 0 Å². The van der Waals surface area contributed by atoms with Gasteiger partial charge in [-0.05, 0) is 46.7 Å². The van der Waals surface area contributed by atoms with E-state index in [1.54, 1.807) is 0 Å². The minimum Gasteiger partial charge on any atom is -0.301 e. The summed E-state index contributed by atoms with van der Waals surface area (Å²) in [5, 5.41) is 4.09. The maximum atomic E-state index is 13.7. The predicted octanol–water partition coefficient (Wildman–Crippen LogP) is 2.63. The van der Waals surface area contributed by atoms with Crippen molar-refractivity contribution in [3.63, 3.8) is 0 Å². The van der Waals surface area contributed by atoms with Crippen molar-refractivity contribution < 1.29 is 4.39 Å². The van der Waals surface area contributed by atoms with Gasteiger partial charge >= 0.3 is 0 Å². The van der Waals surface area contributed by atoms with E-state index < -0.39 is 0 Å². The van der Waals surface area contributed by atoms with E-state index in [0.29, 0.717) is 12.0 Å². The largest absolute Gasteiger partial charge is 0.301 e. The van der Waals surface area contributed by atoms with Crippen LogP contribution in [-0.2, 0) is 6.54 Å². The van der Waals surface area contributed by atoms with Gasteiger partial charge < -0.3 is 4.90 Å². The number of aromatic nitrogens is 2. The van der Waals surface area contributed by atoms with Crippen LogP contribution in [0.5, 0.6) is 0 Å². The van der Waals surface area contributed by atoms with Crippen molar-refractivity contribution in [2.24, 2.45) is 0 Å². The van der Waals surface area contributed by atoms with Gasteiger partial charge in [-0.2, -0.15) is 5.10 Å². The van der Waals surface area contributed by atoms with Gasteiger partial charge in [0, 0.05) is 18.5 Å². The number of aryl methyl sites for hydroxylation is 1. The summed E-state index contributed by atoms with van der Waals surface area (Å²) in [6.45, 7) is 9.34. The second kappa shape index (κ2) is 5.17. The molecule has 4 heteroatoms. The first kappa shape index (κ1) is 12.6. The molecule has 0 N–H and O–H groups in total. The van der Waals surface area contributed by atoms with Gasteiger partial charge in [0.15, 0.2) is 5.82 Å². The molecule has 1 aromatic rings. The summed E-state index contributed by atoms with van der Waals surface area (Å²) < 4.78 is 15.6. The Kier molecular flexibility index (Phi) is 3.82. The SMILES string of the molecule is CCn1ncc(F)c1C1CCN(C(C)C)CC1. The topological polar surface area (TPSA) is 21.1 Å². The summed E-state index contributed by atoms with van der Waals surface area (Å²) in [5.74, 6) is 0.210. The molecule has 0 atom stereocenters. The molecular formula is C13H22FN3. The molecule has 17 heavy (non-hydrogen) atoms. The standard InChI is InChI=1S/C13H22FN3/c1-4-17-13(12(14)9-15-17)11-5-7-16(8-6-11)10(2)3/h9-11H,4-8H2,1-3H3. The fraction of sp³-hybridized carbons (Fsp3) is 0.769. The van der Waals surface area contributed by atoms with Gasteiger partial charge in [0.1, 0.15) is 0 Å². The van der Waals surface area contributed by atoms with Gasteiger partial charge in [0.25, 0.3) is 0 Å². The van der Waals surface area contributed by atoms with Crippen LogP contribution in [-0.4, -0.2) is 33.8 Å². The molecule has 96 valence electrons. The van der Waals surface area contributed by atoms with E-state index in [1.165, 1.54) is 6.20 Å². The number of hydrogen-bond acceptors (Lipinski definition) is 2. The highest BCUT2D eigenvalue weighted by atomic mass is 19.1. The molecule has 0 unspecified atom stereocenters. The summed E-state index contributed by atoms with van der Waals surface area (Å²) in [7, 11) is 0. The molecule has 0 amide bonds. The van der Waals surface area contributed by atoms with Gasteiger partial charge in [-0.1, -0.05) is 0 Å². The summed E-state index contributed by atoms with van der Waals surface area (Å²) in [6.07, 6.45) is 3.44. The molecule has 1 saturated heterocycles. The fourth-order valence-electron chi connectivity index (χ4n) is 2.72. The Morgan fingerprint density at radius 1 is 1.41 bits per heavy atom. The summed E-state index contributed by atoms with van der Waals surface area (Å²) in [6, 6.07) is 0.594. The monoisotopic (exact) mass is 239 g/mol. The summed E-state index contributed by atoms with van der Waals surface area (Å²) in [5.41, 5.74) is 0.816. The zero-order valence-corrected chi connectivity index (χ0v) is 11.0. The number of halogens is 1. The lowest BCUT2D eigenvalue weighted by Gasteiger charge is -2.34. The van der Waals surface area contributed by atoms with Crippen molar-refractivity contribution in [1.82, 2.24) is 14.7 Å². The summed E-state index contributed by atoms with van der Waals surface area (Å²) >= 11 is 0. The third-order valence-corrected chi connectivity index (χ3v) is 3.78. The fourth-order valence-corrected chi connectivity index (χ4v) is 2.72. The number of hydrogen-bond donors (Lipinski definition) is 0. The van der Waals surface area contributed by atoms with Gasteiger partial charge in [-0.15, -0.1) is 0 Å². The van der Waals surface area contributed by atoms with Gasteiger partial charge in [0.05, 0.1) is 11.9 Å². The molecule has 0 saturated carbocycles. The average molecular weight is 239 g/mol. The molecule has 1 aliphatic rings. The van der Waals surface area contributed by atoms with Crippen molar-refractivity contribution in [3.05, 3.63) is 17.7 Å². The molecular weight excluding hydrogens is 217 g/mol. The van der Waals surface area contributed by atoms with Crippen LogP contribution in [0.3, 0.4) is 0 Å². The third kappa shape index (κ3) is 2.51. The van der Waals surface area contributed by atoms with Crippen LogP contribution < -0.4 is 0 Å². The van der Waals surface area contributed by atoms with Gasteiger partial charge in [-0.25, -0.2) is 4.39 Å². The third-order valence-electron chi connectivity index (χ3n) is 3.78. The molecule has 0 radical (unpaired) electrons. The quantitative estimate of drug-likeness (QED) is 0.808. The van der Waals surface area contributed by atoms with Crippen molar-refractivity contribution in [2.75, 3.05) is 13.1 Å². The van der Waals surface area contributed by atoms with Crippen LogP contribution >= 0.6 is 0 Å². The molecule has 3 nitrogen and oxygen atoms in total. The molecule has 1 aliphatic heterocycles. The summed E-state index contributed by atoms with van der Waals surface area (Å²) in [4.78, 5) is 2.46. The maximum Gasteiger partial charge on any atom is 0.164 e. The van der Waals surface area contributed by atoms with Crippen LogP contribution in [0.2, 0.25) is 0 Å². The number of likely N-dealkylation sites (tertiary alicyclic amines) is 1. The molecule has 1 aromatic heterocycles. The number of nitrogens with zero attached hydrogens (tertiary/aromatic N) is 3. The molecule has 0 aromatic carbocycles. The molecule has 2 heterocycles. The molecule has 0 spiro atoms. The highest BCUT2D eigenvalue weighted by Gasteiger charge is 2.26. The van der Waals surface area contributed by atoms with Crippen LogP contribution in [0, 0.1) is 5.82 Å². The van der Waals surface area contributed by atoms with E-state index in [1.807, 2.05) is 11.6 Å². The molecule has 2 rings (SSSR count). The van der Waals surface area contributed by atoms with Crippen molar-refractivity contribution >= 4 is 0 Å². The molecule has 0 aliphatic carbocycles. The van der Waals surface area contributed by atoms with E-state index in [-0.39, 0.29) is 5.82 Å². The van der Waals surface area contributed by atoms with E-state index in [4.69, 9.17) is 0 Å². The van der Waals surface area contributed by atoms with Crippen molar-refractivity contribution in [2.45, 2.75) is 52.1 Å². The second-order valence-corrected chi connectivity index (χ2v) is 5.10. The molecule has 0 bridgehead atoms. The highest BCUT2D eigenvalue weighted by molar-refractivity contribution is 5.12. The van der Waals surface area contributed by atoms with E-state index in [9.17, 15) is 4.39 Å². The number of piperidine rings is 1. The Morgan fingerprint density at radius 2 is 2.06 bits per heavy atom. The van der Waals surface area contributed by atoms with Crippen molar-refractivity contribution in [1.29, 1.82) is 0 Å². The lowest BCUT2D eigenvalue weighted by atomic mass is 9.92. The zero-order valence-electron chi connectivity index (χ0n) is 11.0. The lowest BCUT2D eigenvalue weighted by molar-refractivity contribution is 0.168. The Balaban J connectivity index is 2.07. The van der Waals surface area contributed by atoms with Crippen molar-refractivity contribution in [3.8, 4) is 0 Å². The number of rotatable bonds is 3. The van der Waals surface area contributed by atoms with Crippen LogP contribution in [0.4, 0.5) is 4.39 Å². The molecule has 1 fully saturated rings. The van der Waals surface area contributed by atoms with Crippen LogP contribution in [0.15, 0.2) is 6.20 Å². The first-order valence-electron chi connectivity index (χ1n) is 6.58. The van der Waals surface area contributed by atoms with E-state index in [2.05, 4.69) is 23.8 Å². The minimum atomic E-state index is -0.130.